The molecule has 0 bridgehead atoms. The van der Waals surface area contributed by atoms with Crippen LogP contribution in [0.2, 0.25) is 0 Å². The van der Waals surface area contributed by atoms with Crippen LogP contribution in [0.4, 0.5) is 10.1 Å². The predicted molar refractivity (Wildman–Crippen MR) is 69.3 cm³/mol. The molecule has 0 radical (unpaired) electrons. The number of carbonyl (C=O) groups excluding carboxylic acids is 1. The third-order valence-corrected chi connectivity index (χ3v) is 2.66. The molecular formula is C13H19FN2O2. The van der Waals surface area contributed by atoms with Gasteiger partial charge in [-0.05, 0) is 25.5 Å². The maximum Gasteiger partial charge on any atom is 0.238 e. The van der Waals surface area contributed by atoms with Crippen LogP contribution in [0.3, 0.4) is 0 Å². The quantitative estimate of drug-likeness (QED) is 0.818. The molecule has 1 aromatic rings. The zero-order chi connectivity index (χ0) is 13.5. The van der Waals surface area contributed by atoms with Crippen molar-refractivity contribution in [2.75, 3.05) is 19.0 Å². The number of methoxy groups -OCH3 is 1. The van der Waals surface area contributed by atoms with Gasteiger partial charge in [-0.3, -0.25) is 4.79 Å². The molecule has 1 amide bonds. The highest BCUT2D eigenvalue weighted by molar-refractivity contribution is 5.93. The van der Waals surface area contributed by atoms with Gasteiger partial charge in [-0.2, -0.15) is 0 Å². The number of benzene rings is 1. The smallest absolute Gasteiger partial charge is 0.238 e. The molecule has 100 valence electrons. The highest BCUT2D eigenvalue weighted by atomic mass is 19.1. The average Bonchev–Trinajstić information content (AvgIpc) is 2.37. The number of halogens is 1. The van der Waals surface area contributed by atoms with Crippen LogP contribution in [-0.2, 0) is 4.79 Å². The van der Waals surface area contributed by atoms with Crippen molar-refractivity contribution >= 4 is 11.6 Å². The van der Waals surface area contributed by atoms with Gasteiger partial charge >= 0.3 is 0 Å². The Labute approximate surface area is 107 Å². The van der Waals surface area contributed by atoms with Crippen LogP contribution in [0.5, 0.6) is 5.75 Å². The number of nitrogens with one attached hydrogen (secondary N) is 2. The van der Waals surface area contributed by atoms with Crippen LogP contribution < -0.4 is 15.4 Å². The summed E-state index contributed by atoms with van der Waals surface area (Å²) < 4.78 is 18.0. The van der Waals surface area contributed by atoms with E-state index < -0.39 is 5.82 Å². The number of hydrogen-bond acceptors (Lipinski definition) is 3. The lowest BCUT2D eigenvalue weighted by atomic mass is 10.2. The monoisotopic (exact) mass is 254 g/mol. The molecule has 0 aliphatic rings. The first kappa shape index (κ1) is 14.4. The second kappa shape index (κ2) is 6.96. The summed E-state index contributed by atoms with van der Waals surface area (Å²) in [7, 11) is 1.43. The Hall–Kier alpha value is -1.62. The number of rotatable bonds is 6. The van der Waals surface area contributed by atoms with Crippen molar-refractivity contribution in [3.05, 3.63) is 24.0 Å². The van der Waals surface area contributed by atoms with E-state index in [1.165, 1.54) is 25.3 Å². The molecule has 0 aliphatic carbocycles. The maximum atomic E-state index is 13.0. The molecule has 5 heteroatoms. The molecular weight excluding hydrogens is 235 g/mol. The highest BCUT2D eigenvalue weighted by Crippen LogP contribution is 2.24. The van der Waals surface area contributed by atoms with Gasteiger partial charge in [-0.15, -0.1) is 0 Å². The molecule has 18 heavy (non-hydrogen) atoms. The summed E-state index contributed by atoms with van der Waals surface area (Å²) in [5.41, 5.74) is 0.467. The molecule has 0 saturated heterocycles. The maximum absolute atomic E-state index is 13.0. The predicted octanol–water partition coefficient (Wildman–Crippen LogP) is 2.16. The molecule has 0 saturated carbocycles. The molecule has 0 aliphatic heterocycles. The number of hydrogen-bond donors (Lipinski definition) is 2. The van der Waals surface area contributed by atoms with Crippen molar-refractivity contribution in [1.29, 1.82) is 0 Å². The molecule has 1 unspecified atom stereocenters. The first-order valence-electron chi connectivity index (χ1n) is 5.93. The fourth-order valence-electron chi connectivity index (χ4n) is 1.37. The molecule has 0 aromatic heterocycles. The lowest BCUT2D eigenvalue weighted by molar-refractivity contribution is -0.115. The van der Waals surface area contributed by atoms with Crippen LogP contribution in [-0.4, -0.2) is 25.6 Å². The topological polar surface area (TPSA) is 50.4 Å². The number of carbonyl (C=O) groups is 1. The highest BCUT2D eigenvalue weighted by Gasteiger charge is 2.09. The van der Waals surface area contributed by atoms with E-state index in [2.05, 4.69) is 10.6 Å². The van der Waals surface area contributed by atoms with E-state index in [9.17, 15) is 9.18 Å². The van der Waals surface area contributed by atoms with Crippen LogP contribution >= 0.6 is 0 Å². The average molecular weight is 254 g/mol. The summed E-state index contributed by atoms with van der Waals surface area (Å²) in [6.45, 7) is 4.26. The van der Waals surface area contributed by atoms with Gasteiger partial charge in [0.15, 0.2) is 0 Å². The zero-order valence-corrected chi connectivity index (χ0v) is 10.9. The lowest BCUT2D eigenvalue weighted by Gasteiger charge is -2.13. The van der Waals surface area contributed by atoms with Gasteiger partial charge in [0.25, 0.3) is 0 Å². The van der Waals surface area contributed by atoms with E-state index in [1.54, 1.807) is 0 Å². The fraction of sp³-hybridized carbons (Fsp3) is 0.462. The minimum absolute atomic E-state index is 0.180. The van der Waals surface area contributed by atoms with E-state index in [0.29, 0.717) is 11.4 Å². The van der Waals surface area contributed by atoms with Crippen molar-refractivity contribution in [2.24, 2.45) is 0 Å². The third kappa shape index (κ3) is 4.33. The van der Waals surface area contributed by atoms with E-state index in [1.807, 2.05) is 13.8 Å². The number of anilines is 1. The van der Waals surface area contributed by atoms with Crippen LogP contribution in [0.1, 0.15) is 20.3 Å². The van der Waals surface area contributed by atoms with Crippen LogP contribution in [0, 0.1) is 5.82 Å². The summed E-state index contributed by atoms with van der Waals surface area (Å²) in [4.78, 5) is 11.7. The molecule has 2 N–H and O–H groups in total. The molecule has 1 aromatic carbocycles. The molecule has 0 heterocycles. The molecule has 1 atom stereocenters. The molecule has 1 rings (SSSR count). The molecule has 0 spiro atoms. The first-order valence-corrected chi connectivity index (χ1v) is 5.93. The van der Waals surface area contributed by atoms with E-state index in [4.69, 9.17) is 4.74 Å². The van der Waals surface area contributed by atoms with Crippen molar-refractivity contribution < 1.29 is 13.9 Å². The van der Waals surface area contributed by atoms with E-state index >= 15 is 0 Å². The second-order valence-electron chi connectivity index (χ2n) is 4.08. The summed E-state index contributed by atoms with van der Waals surface area (Å²) in [5.74, 6) is -0.269. The molecule has 4 nitrogen and oxygen atoms in total. The normalized spacial score (nSPS) is 12.0. The van der Waals surface area contributed by atoms with Crippen LogP contribution in [0.15, 0.2) is 18.2 Å². The first-order chi connectivity index (χ1) is 8.56. The minimum atomic E-state index is -0.400. The Morgan fingerprint density at radius 1 is 1.50 bits per heavy atom. The van der Waals surface area contributed by atoms with E-state index in [-0.39, 0.29) is 18.5 Å². The van der Waals surface area contributed by atoms with Gasteiger partial charge in [-0.1, -0.05) is 6.92 Å². The lowest BCUT2D eigenvalue weighted by Crippen LogP contribution is -2.34. The van der Waals surface area contributed by atoms with Crippen LogP contribution in [0.25, 0.3) is 0 Å². The third-order valence-electron chi connectivity index (χ3n) is 2.66. The van der Waals surface area contributed by atoms with Crippen molar-refractivity contribution in [1.82, 2.24) is 5.32 Å². The van der Waals surface area contributed by atoms with Gasteiger partial charge in [0.2, 0.25) is 5.91 Å². The molecule has 0 fully saturated rings. The minimum Gasteiger partial charge on any atom is -0.494 e. The Bertz CT molecular complexity index is 410. The summed E-state index contributed by atoms with van der Waals surface area (Å²) >= 11 is 0. The van der Waals surface area contributed by atoms with Gasteiger partial charge in [0.05, 0.1) is 19.3 Å². The van der Waals surface area contributed by atoms with Gasteiger partial charge in [0.1, 0.15) is 11.6 Å². The second-order valence-corrected chi connectivity index (χ2v) is 4.08. The largest absolute Gasteiger partial charge is 0.494 e. The standard InChI is InChI=1S/C13H19FN2O2/c1-4-9(2)15-8-13(17)16-11-6-5-10(14)7-12(11)18-3/h5-7,9,15H,4,8H2,1-3H3,(H,16,17). The summed E-state index contributed by atoms with van der Waals surface area (Å²) in [6, 6.07) is 4.28. The van der Waals surface area contributed by atoms with E-state index in [0.717, 1.165) is 6.42 Å². The summed E-state index contributed by atoms with van der Waals surface area (Å²) in [6.07, 6.45) is 0.952. The SMILES string of the molecule is CCC(C)NCC(=O)Nc1ccc(F)cc1OC. The van der Waals surface area contributed by atoms with Gasteiger partial charge < -0.3 is 15.4 Å². The summed E-state index contributed by atoms with van der Waals surface area (Å²) in [5, 5.41) is 5.75. The zero-order valence-electron chi connectivity index (χ0n) is 10.9. The number of amides is 1. The van der Waals surface area contributed by atoms with Crippen molar-refractivity contribution in [3.63, 3.8) is 0 Å². The number of ether oxygens (including phenoxy) is 1. The fourth-order valence-corrected chi connectivity index (χ4v) is 1.37. The Morgan fingerprint density at radius 3 is 2.83 bits per heavy atom. The Balaban J connectivity index is 2.59. The Morgan fingerprint density at radius 2 is 2.22 bits per heavy atom. The van der Waals surface area contributed by atoms with Crippen molar-refractivity contribution in [2.45, 2.75) is 26.3 Å². The van der Waals surface area contributed by atoms with Gasteiger partial charge in [-0.25, -0.2) is 4.39 Å². The van der Waals surface area contributed by atoms with Crippen molar-refractivity contribution in [3.8, 4) is 5.75 Å². The Kier molecular flexibility index (Phi) is 5.58. The van der Waals surface area contributed by atoms with Gasteiger partial charge in [0, 0.05) is 12.1 Å².